The summed E-state index contributed by atoms with van der Waals surface area (Å²) in [6, 6.07) is 14.8. The minimum absolute atomic E-state index is 0.000957. The summed E-state index contributed by atoms with van der Waals surface area (Å²) in [5, 5.41) is 3.07. The summed E-state index contributed by atoms with van der Waals surface area (Å²) in [6.45, 7) is 4.68. The molecule has 2 aromatic rings. The first-order valence-electron chi connectivity index (χ1n) is 10.0. The molecule has 0 spiro atoms. The fraction of sp³-hybridized carbons (Fsp3) is 0.435. The molecule has 4 heteroatoms. The van der Waals surface area contributed by atoms with Gasteiger partial charge < -0.3 is 5.32 Å². The zero-order valence-electron chi connectivity index (χ0n) is 16.1. The van der Waals surface area contributed by atoms with Gasteiger partial charge in [-0.15, -0.1) is 0 Å². The quantitative estimate of drug-likeness (QED) is 0.744. The first-order valence-corrected chi connectivity index (χ1v) is 10.0. The van der Waals surface area contributed by atoms with Gasteiger partial charge in [-0.3, -0.25) is 9.69 Å². The fourth-order valence-electron chi connectivity index (χ4n) is 3.64. The largest absolute Gasteiger partial charge is 0.326 e. The molecule has 1 unspecified atom stereocenters. The van der Waals surface area contributed by atoms with Crippen molar-refractivity contribution in [3.63, 3.8) is 0 Å². The van der Waals surface area contributed by atoms with Crippen LogP contribution in [0.4, 0.5) is 10.1 Å². The molecule has 2 aromatic carbocycles. The van der Waals surface area contributed by atoms with Crippen LogP contribution in [0.25, 0.3) is 0 Å². The van der Waals surface area contributed by atoms with Gasteiger partial charge in [-0.2, -0.15) is 0 Å². The highest BCUT2D eigenvalue weighted by molar-refractivity contribution is 5.92. The molecule has 1 aliphatic rings. The summed E-state index contributed by atoms with van der Waals surface area (Å²) in [5.74, 6) is -0.116. The molecule has 0 radical (unpaired) electrons. The summed E-state index contributed by atoms with van der Waals surface area (Å²) in [6.07, 6.45) is 5.40. The lowest BCUT2D eigenvalue weighted by atomic mass is 9.96. The number of anilines is 1. The minimum atomic E-state index is -0.213. The van der Waals surface area contributed by atoms with Crippen LogP contribution in [0.5, 0.6) is 0 Å². The maximum absolute atomic E-state index is 13.1. The molecule has 1 saturated heterocycles. The van der Waals surface area contributed by atoms with Crippen LogP contribution in [0.1, 0.15) is 43.7 Å². The lowest BCUT2D eigenvalue weighted by Crippen LogP contribution is -2.40. The number of unbranched alkanes of at least 4 members (excludes halogenated alkanes) is 1. The summed E-state index contributed by atoms with van der Waals surface area (Å²) >= 11 is 0. The molecule has 1 fully saturated rings. The van der Waals surface area contributed by atoms with Gasteiger partial charge in [0.05, 0.1) is 5.92 Å². The number of rotatable bonds is 7. The number of hydrogen-bond donors (Lipinski definition) is 1. The molecule has 1 atom stereocenters. The van der Waals surface area contributed by atoms with Gasteiger partial charge in [0.15, 0.2) is 0 Å². The van der Waals surface area contributed by atoms with Crippen LogP contribution in [0.15, 0.2) is 48.5 Å². The van der Waals surface area contributed by atoms with E-state index in [1.807, 2.05) is 24.3 Å². The Morgan fingerprint density at radius 1 is 1.11 bits per heavy atom. The number of halogens is 1. The first kappa shape index (κ1) is 19.6. The van der Waals surface area contributed by atoms with Crippen LogP contribution in [0, 0.1) is 11.7 Å². The maximum Gasteiger partial charge on any atom is 0.228 e. The number of hydrogen-bond acceptors (Lipinski definition) is 2. The fourth-order valence-corrected chi connectivity index (χ4v) is 3.64. The third kappa shape index (κ3) is 5.90. The molecule has 1 aliphatic heterocycles. The van der Waals surface area contributed by atoms with Gasteiger partial charge in [-0.1, -0.05) is 37.6 Å². The van der Waals surface area contributed by atoms with Gasteiger partial charge in [0, 0.05) is 18.8 Å². The van der Waals surface area contributed by atoms with Crippen molar-refractivity contribution in [3.8, 4) is 0 Å². The van der Waals surface area contributed by atoms with Crippen LogP contribution in [0.2, 0.25) is 0 Å². The Balaban J connectivity index is 1.52. The van der Waals surface area contributed by atoms with E-state index in [1.165, 1.54) is 30.5 Å². The number of benzene rings is 2. The third-order valence-electron chi connectivity index (χ3n) is 5.24. The second-order valence-corrected chi connectivity index (χ2v) is 7.49. The summed E-state index contributed by atoms with van der Waals surface area (Å²) in [4.78, 5) is 15.0. The minimum Gasteiger partial charge on any atom is -0.326 e. The molecule has 0 aliphatic carbocycles. The topological polar surface area (TPSA) is 32.3 Å². The van der Waals surface area contributed by atoms with E-state index in [4.69, 9.17) is 0 Å². The first-order chi connectivity index (χ1) is 13.1. The average molecular weight is 368 g/mol. The Labute approximate surface area is 161 Å². The molecular formula is C23H29FN2O. The molecule has 144 valence electrons. The molecule has 27 heavy (non-hydrogen) atoms. The van der Waals surface area contributed by atoms with Crippen molar-refractivity contribution in [2.45, 2.75) is 45.6 Å². The van der Waals surface area contributed by atoms with Crippen molar-refractivity contribution >= 4 is 11.6 Å². The van der Waals surface area contributed by atoms with Crippen LogP contribution in [0.3, 0.4) is 0 Å². The number of nitrogens with one attached hydrogen (secondary N) is 1. The standard InChI is InChI=1S/C23H29FN2O/c1-2-3-5-18-9-13-22(14-10-18)25-23(27)20-6-4-15-26(17-20)16-19-7-11-21(24)12-8-19/h7-14,20H,2-6,15-17H2,1H3,(H,25,27). The number of carbonyl (C=O) groups excluding carboxylic acids is 1. The van der Waals surface area contributed by atoms with Gasteiger partial charge in [0.2, 0.25) is 5.91 Å². The molecule has 3 rings (SSSR count). The number of amides is 1. The van der Waals surface area contributed by atoms with Crippen LogP contribution in [-0.4, -0.2) is 23.9 Å². The van der Waals surface area contributed by atoms with E-state index in [9.17, 15) is 9.18 Å². The zero-order chi connectivity index (χ0) is 19.1. The van der Waals surface area contributed by atoms with Crippen molar-refractivity contribution in [1.82, 2.24) is 4.90 Å². The molecule has 1 amide bonds. The van der Waals surface area contributed by atoms with E-state index in [-0.39, 0.29) is 17.6 Å². The highest BCUT2D eigenvalue weighted by Gasteiger charge is 2.25. The second kappa shape index (κ2) is 9.65. The average Bonchev–Trinajstić information content (AvgIpc) is 2.69. The highest BCUT2D eigenvalue weighted by Crippen LogP contribution is 2.21. The SMILES string of the molecule is CCCCc1ccc(NC(=O)C2CCCN(Cc3ccc(F)cc3)C2)cc1. The van der Waals surface area contributed by atoms with Gasteiger partial charge in [0.1, 0.15) is 5.82 Å². The second-order valence-electron chi connectivity index (χ2n) is 7.49. The van der Waals surface area contributed by atoms with Gasteiger partial charge in [0.25, 0.3) is 0 Å². The van der Waals surface area contributed by atoms with Crippen molar-refractivity contribution < 1.29 is 9.18 Å². The Morgan fingerprint density at radius 3 is 2.52 bits per heavy atom. The molecule has 3 nitrogen and oxygen atoms in total. The van der Waals surface area contributed by atoms with Crippen molar-refractivity contribution in [2.75, 3.05) is 18.4 Å². The lowest BCUT2D eigenvalue weighted by Gasteiger charge is -2.32. The molecule has 0 aromatic heterocycles. The Kier molecular flexibility index (Phi) is 6.99. The Hall–Kier alpha value is -2.20. The molecule has 1 N–H and O–H groups in total. The van der Waals surface area contributed by atoms with Crippen LogP contribution in [-0.2, 0) is 17.8 Å². The number of carbonyl (C=O) groups is 1. The van der Waals surface area contributed by atoms with Crippen molar-refractivity contribution in [2.24, 2.45) is 5.92 Å². The van der Waals surface area contributed by atoms with Gasteiger partial charge in [-0.05, 0) is 67.6 Å². The number of likely N-dealkylation sites (tertiary alicyclic amines) is 1. The Morgan fingerprint density at radius 2 is 1.81 bits per heavy atom. The maximum atomic E-state index is 13.1. The third-order valence-corrected chi connectivity index (χ3v) is 5.24. The monoisotopic (exact) mass is 368 g/mol. The molecule has 0 bridgehead atoms. The van der Waals surface area contributed by atoms with E-state index in [1.54, 1.807) is 0 Å². The lowest BCUT2D eigenvalue weighted by molar-refractivity contribution is -0.121. The number of aryl methyl sites for hydroxylation is 1. The predicted molar refractivity (Wildman–Crippen MR) is 108 cm³/mol. The van der Waals surface area contributed by atoms with E-state index < -0.39 is 0 Å². The number of nitrogens with zero attached hydrogens (tertiary/aromatic N) is 1. The van der Waals surface area contributed by atoms with Crippen molar-refractivity contribution in [1.29, 1.82) is 0 Å². The molecule has 0 saturated carbocycles. The summed E-state index contributed by atoms with van der Waals surface area (Å²) in [5.41, 5.74) is 3.27. The summed E-state index contributed by atoms with van der Waals surface area (Å²) < 4.78 is 13.1. The molecular weight excluding hydrogens is 339 g/mol. The number of piperidine rings is 1. The summed E-state index contributed by atoms with van der Waals surface area (Å²) in [7, 11) is 0. The van der Waals surface area contributed by atoms with Gasteiger partial charge >= 0.3 is 0 Å². The predicted octanol–water partition coefficient (Wildman–Crippen LogP) is 5.02. The zero-order valence-corrected chi connectivity index (χ0v) is 16.1. The van der Waals surface area contributed by atoms with Gasteiger partial charge in [-0.25, -0.2) is 4.39 Å². The smallest absolute Gasteiger partial charge is 0.228 e. The van der Waals surface area contributed by atoms with E-state index in [2.05, 4.69) is 29.3 Å². The van der Waals surface area contributed by atoms with E-state index in [0.29, 0.717) is 0 Å². The molecule has 1 heterocycles. The van der Waals surface area contributed by atoms with Crippen molar-refractivity contribution in [3.05, 3.63) is 65.5 Å². The highest BCUT2D eigenvalue weighted by atomic mass is 19.1. The van der Waals surface area contributed by atoms with E-state index >= 15 is 0 Å². The normalized spacial score (nSPS) is 17.6. The van der Waals surface area contributed by atoms with E-state index in [0.717, 1.165) is 50.1 Å². The Bertz CT molecular complexity index is 727. The van der Waals surface area contributed by atoms with Crippen LogP contribution < -0.4 is 5.32 Å². The van der Waals surface area contributed by atoms with Crippen LogP contribution >= 0.6 is 0 Å².